The largest absolute Gasteiger partial charge is 0.360 e. The fourth-order valence-electron chi connectivity index (χ4n) is 5.53. The van der Waals surface area contributed by atoms with Gasteiger partial charge in [0.2, 0.25) is 0 Å². The molecular weight excluding hydrogens is 264 g/mol. The van der Waals surface area contributed by atoms with E-state index in [-0.39, 0.29) is 11.4 Å². The van der Waals surface area contributed by atoms with Crippen LogP contribution in [0.15, 0.2) is 10.6 Å². The van der Waals surface area contributed by atoms with Gasteiger partial charge in [0.05, 0.1) is 0 Å². The zero-order valence-electron chi connectivity index (χ0n) is 12.3. The first-order valence-electron chi connectivity index (χ1n) is 8.48. The number of hydrogen-bond donors (Lipinski definition) is 1. The molecule has 4 nitrogen and oxygen atoms in total. The monoisotopic (exact) mass is 286 g/mol. The molecule has 1 N–H and O–H groups in total. The van der Waals surface area contributed by atoms with Gasteiger partial charge in [-0.3, -0.25) is 4.79 Å². The summed E-state index contributed by atoms with van der Waals surface area (Å²) in [7, 11) is 0. The molecule has 0 saturated heterocycles. The van der Waals surface area contributed by atoms with Crippen LogP contribution in [-0.4, -0.2) is 16.6 Å². The van der Waals surface area contributed by atoms with Crippen molar-refractivity contribution < 1.29 is 9.32 Å². The van der Waals surface area contributed by atoms with Crippen molar-refractivity contribution in [2.45, 2.75) is 62.8 Å². The van der Waals surface area contributed by atoms with E-state index >= 15 is 0 Å². The predicted octanol–water partition coefficient (Wildman–Crippen LogP) is 3.25. The molecule has 0 spiro atoms. The van der Waals surface area contributed by atoms with Gasteiger partial charge in [0.15, 0.2) is 5.69 Å². The first-order valence-corrected chi connectivity index (χ1v) is 8.48. The molecule has 1 aromatic rings. The fourth-order valence-corrected chi connectivity index (χ4v) is 5.53. The summed E-state index contributed by atoms with van der Waals surface area (Å²) < 4.78 is 5.32. The molecule has 0 aromatic carbocycles. The topological polar surface area (TPSA) is 55.1 Å². The van der Waals surface area contributed by atoms with Crippen molar-refractivity contribution in [1.82, 2.24) is 10.5 Å². The quantitative estimate of drug-likeness (QED) is 0.928. The molecule has 6 rings (SSSR count). The molecule has 5 aliphatic rings. The van der Waals surface area contributed by atoms with Crippen LogP contribution < -0.4 is 5.32 Å². The minimum atomic E-state index is -0.0207. The van der Waals surface area contributed by atoms with Crippen LogP contribution in [0.2, 0.25) is 0 Å². The Balaban J connectivity index is 1.35. The van der Waals surface area contributed by atoms with Crippen LogP contribution in [0.3, 0.4) is 0 Å². The van der Waals surface area contributed by atoms with Crippen molar-refractivity contribution in [3.05, 3.63) is 17.5 Å². The molecule has 5 aliphatic carbocycles. The van der Waals surface area contributed by atoms with Crippen molar-refractivity contribution in [2.75, 3.05) is 0 Å². The Labute approximate surface area is 124 Å². The average molecular weight is 286 g/mol. The Morgan fingerprint density at radius 2 is 1.76 bits per heavy atom. The molecule has 4 bridgehead atoms. The maximum absolute atomic E-state index is 12.6. The number of hydrogen-bond acceptors (Lipinski definition) is 3. The second kappa shape index (κ2) is 4.11. The number of nitrogens with one attached hydrogen (secondary N) is 1. The van der Waals surface area contributed by atoms with Gasteiger partial charge in [-0.15, -0.1) is 0 Å². The summed E-state index contributed by atoms with van der Waals surface area (Å²) in [6, 6.07) is 1.85. The summed E-state index contributed by atoms with van der Waals surface area (Å²) in [4.78, 5) is 12.6. The van der Waals surface area contributed by atoms with Gasteiger partial charge >= 0.3 is 0 Å². The maximum Gasteiger partial charge on any atom is 0.273 e. The number of nitrogens with zero attached hydrogens (tertiary/aromatic N) is 1. The van der Waals surface area contributed by atoms with Crippen molar-refractivity contribution in [3.63, 3.8) is 0 Å². The zero-order valence-corrected chi connectivity index (χ0v) is 12.3. The molecular formula is C17H22N2O2. The van der Waals surface area contributed by atoms with Crippen molar-refractivity contribution in [2.24, 2.45) is 17.8 Å². The maximum atomic E-state index is 12.6. The third kappa shape index (κ3) is 2.02. The van der Waals surface area contributed by atoms with Gasteiger partial charge in [-0.25, -0.2) is 0 Å². The number of carbonyl (C=O) groups is 1. The van der Waals surface area contributed by atoms with E-state index in [2.05, 4.69) is 10.5 Å². The minimum absolute atomic E-state index is 0.0207. The Morgan fingerprint density at radius 1 is 1.14 bits per heavy atom. The summed E-state index contributed by atoms with van der Waals surface area (Å²) in [5.74, 6) is 3.92. The van der Waals surface area contributed by atoms with E-state index in [1.165, 1.54) is 51.4 Å². The molecule has 0 aliphatic heterocycles. The highest BCUT2D eigenvalue weighted by atomic mass is 16.5. The van der Waals surface area contributed by atoms with Crippen LogP contribution in [0, 0.1) is 17.8 Å². The third-order valence-electron chi connectivity index (χ3n) is 6.16. The van der Waals surface area contributed by atoms with Crippen molar-refractivity contribution >= 4 is 5.91 Å². The van der Waals surface area contributed by atoms with Crippen molar-refractivity contribution in [1.29, 1.82) is 0 Å². The van der Waals surface area contributed by atoms with Gasteiger partial charge < -0.3 is 9.84 Å². The van der Waals surface area contributed by atoms with Gasteiger partial charge in [0, 0.05) is 17.5 Å². The summed E-state index contributed by atoms with van der Waals surface area (Å²) in [5.41, 5.74) is 0.539. The second-order valence-corrected chi connectivity index (χ2v) is 8.04. The summed E-state index contributed by atoms with van der Waals surface area (Å²) in [5, 5.41) is 7.34. The summed E-state index contributed by atoms with van der Waals surface area (Å²) in [6.45, 7) is 0. The van der Waals surface area contributed by atoms with Gasteiger partial charge in [-0.1, -0.05) is 5.16 Å². The Hall–Kier alpha value is -1.32. The number of rotatable bonds is 3. The zero-order chi connectivity index (χ0) is 14.0. The standard InChI is InChI=1S/C17H22N2O2/c20-16(14-6-15(21-19-14)13-1-2-13)18-17-7-10-3-11(8-17)5-12(4-10)9-17/h6,10-13H,1-5,7-9H2,(H,18,20). The van der Waals surface area contributed by atoms with Crippen LogP contribution >= 0.6 is 0 Å². The van der Waals surface area contributed by atoms with E-state index in [1.54, 1.807) is 0 Å². The van der Waals surface area contributed by atoms with E-state index in [0.29, 0.717) is 11.6 Å². The second-order valence-electron chi connectivity index (χ2n) is 8.04. The van der Waals surface area contributed by atoms with Crippen LogP contribution in [-0.2, 0) is 0 Å². The van der Waals surface area contributed by atoms with E-state index < -0.39 is 0 Å². The minimum Gasteiger partial charge on any atom is -0.360 e. The van der Waals surface area contributed by atoms with E-state index in [4.69, 9.17) is 4.52 Å². The lowest BCUT2D eigenvalue weighted by molar-refractivity contribution is -0.0168. The van der Waals surface area contributed by atoms with E-state index in [9.17, 15) is 4.79 Å². The molecule has 5 saturated carbocycles. The molecule has 0 unspecified atom stereocenters. The predicted molar refractivity (Wildman–Crippen MR) is 76.8 cm³/mol. The number of aromatic nitrogens is 1. The van der Waals surface area contributed by atoms with Gasteiger partial charge in [0.1, 0.15) is 5.76 Å². The molecule has 21 heavy (non-hydrogen) atoms. The molecule has 1 amide bonds. The molecule has 112 valence electrons. The number of amides is 1. The van der Waals surface area contributed by atoms with E-state index in [1.807, 2.05) is 6.07 Å². The van der Waals surface area contributed by atoms with Crippen LogP contribution in [0.1, 0.15) is 73.5 Å². The highest BCUT2D eigenvalue weighted by molar-refractivity contribution is 5.92. The van der Waals surface area contributed by atoms with Crippen molar-refractivity contribution in [3.8, 4) is 0 Å². The smallest absolute Gasteiger partial charge is 0.273 e. The lowest BCUT2D eigenvalue weighted by Crippen LogP contribution is -2.59. The lowest BCUT2D eigenvalue weighted by Gasteiger charge is -2.56. The first-order chi connectivity index (χ1) is 10.2. The van der Waals surface area contributed by atoms with Crippen LogP contribution in [0.4, 0.5) is 0 Å². The highest BCUT2D eigenvalue weighted by Gasteiger charge is 2.51. The molecule has 0 radical (unpaired) electrons. The highest BCUT2D eigenvalue weighted by Crippen LogP contribution is 2.55. The Bertz CT molecular complexity index is 552. The SMILES string of the molecule is O=C(NC12CC3CC(CC(C3)C1)C2)c1cc(C2CC2)on1. The van der Waals surface area contributed by atoms with Gasteiger partial charge in [-0.05, 0) is 69.1 Å². The first kappa shape index (κ1) is 12.2. The molecule has 1 aromatic heterocycles. The Morgan fingerprint density at radius 3 is 2.33 bits per heavy atom. The summed E-state index contributed by atoms with van der Waals surface area (Å²) >= 11 is 0. The molecule has 0 atom stereocenters. The number of carbonyl (C=O) groups excluding carboxylic acids is 1. The fraction of sp³-hybridized carbons (Fsp3) is 0.765. The normalized spacial score (nSPS) is 40.5. The molecule has 5 fully saturated rings. The lowest BCUT2D eigenvalue weighted by atomic mass is 9.53. The van der Waals surface area contributed by atoms with Crippen LogP contribution in [0.5, 0.6) is 0 Å². The third-order valence-corrected chi connectivity index (χ3v) is 6.16. The molecule has 1 heterocycles. The average Bonchev–Trinajstić information content (AvgIpc) is 3.14. The Kier molecular flexibility index (Phi) is 2.40. The van der Waals surface area contributed by atoms with Crippen LogP contribution in [0.25, 0.3) is 0 Å². The van der Waals surface area contributed by atoms with Gasteiger partial charge in [-0.2, -0.15) is 0 Å². The summed E-state index contributed by atoms with van der Waals surface area (Å²) in [6.07, 6.45) is 10.1. The van der Waals surface area contributed by atoms with Gasteiger partial charge in [0.25, 0.3) is 5.91 Å². The molecule has 4 heteroatoms. The van der Waals surface area contributed by atoms with E-state index in [0.717, 1.165) is 23.5 Å².